The lowest BCUT2D eigenvalue weighted by Crippen LogP contribution is -2.41. The molecule has 3 aliphatic rings. The van der Waals surface area contributed by atoms with Gasteiger partial charge in [-0.15, -0.1) is 0 Å². The monoisotopic (exact) mass is 1070 g/mol. The van der Waals surface area contributed by atoms with Crippen molar-refractivity contribution < 1.29 is 50.9 Å². The number of anilines is 3. The van der Waals surface area contributed by atoms with E-state index in [4.69, 9.17) is 24.5 Å². The number of carbonyl (C=O) groups is 2. The number of nitrogens with two attached hydrogens (primary N) is 1. The number of hydrogen-bond acceptors (Lipinski definition) is 11. The molecule has 0 unspecified atom stereocenters. The molecule has 0 atom stereocenters. The van der Waals surface area contributed by atoms with Crippen LogP contribution in [-0.4, -0.2) is 74.6 Å². The summed E-state index contributed by atoms with van der Waals surface area (Å²) in [6.45, 7) is 17.5. The molecule has 7 rings (SSSR count). The lowest BCUT2D eigenvalue weighted by molar-refractivity contribution is -0.384. The molecule has 4 aromatic carbocycles. The Balaban J connectivity index is 0.000000206. The van der Waals surface area contributed by atoms with Gasteiger partial charge in [0.15, 0.2) is 0 Å². The Bertz CT molecular complexity index is 2520. The van der Waals surface area contributed by atoms with Gasteiger partial charge in [0.1, 0.15) is 29.0 Å². The zero-order valence-electron chi connectivity index (χ0n) is 43.2. The van der Waals surface area contributed by atoms with Gasteiger partial charge < -0.3 is 34.3 Å². The molecule has 4 aromatic rings. The summed E-state index contributed by atoms with van der Waals surface area (Å²) in [5.74, 6) is -2.47. The third-order valence-corrected chi connectivity index (χ3v) is 14.3. The number of halogens is 5. The molecule has 72 heavy (non-hydrogen) atoms. The quantitative estimate of drug-likeness (QED) is 0.0341. The summed E-state index contributed by atoms with van der Waals surface area (Å²) >= 11 is 3.05. The van der Waals surface area contributed by atoms with E-state index in [0.29, 0.717) is 46.9 Å². The Morgan fingerprint density at radius 3 is 1.65 bits per heavy atom. The largest absolute Gasteiger partial charge is 0.495 e. The van der Waals surface area contributed by atoms with Gasteiger partial charge >= 0.3 is 19.1 Å². The van der Waals surface area contributed by atoms with E-state index < -0.39 is 58.5 Å². The lowest BCUT2D eigenvalue weighted by Gasteiger charge is -2.38. The second-order valence-electron chi connectivity index (χ2n) is 20.6. The van der Waals surface area contributed by atoms with Crippen LogP contribution in [0.25, 0.3) is 11.1 Å². The predicted molar refractivity (Wildman–Crippen MR) is 280 cm³/mol. The molecule has 1 aliphatic heterocycles. The molecule has 2 saturated carbocycles. The first-order chi connectivity index (χ1) is 33.9. The predicted octanol–water partition coefficient (Wildman–Crippen LogP) is 13.0. The topological polar surface area (TPSA) is 147 Å². The Morgan fingerprint density at radius 2 is 1.17 bits per heavy atom. The van der Waals surface area contributed by atoms with Gasteiger partial charge in [0.05, 0.1) is 57.3 Å². The molecular weight excluding hydrogens is 999 g/mol. The maximum Gasteiger partial charge on any atom is 0.495 e. The summed E-state index contributed by atoms with van der Waals surface area (Å²) < 4.78 is 78.0. The van der Waals surface area contributed by atoms with Crippen LogP contribution in [0.1, 0.15) is 140 Å². The average molecular weight is 1070 g/mol. The average Bonchev–Trinajstić information content (AvgIpc) is 3.56. The second-order valence-corrected chi connectivity index (χ2v) is 21.4. The van der Waals surface area contributed by atoms with Crippen molar-refractivity contribution in [2.45, 2.75) is 143 Å². The first-order valence-electron chi connectivity index (χ1n) is 24.8. The van der Waals surface area contributed by atoms with E-state index in [1.54, 1.807) is 0 Å². The van der Waals surface area contributed by atoms with E-state index in [9.17, 15) is 32.9 Å². The van der Waals surface area contributed by atoms with Crippen molar-refractivity contribution in [1.29, 1.82) is 0 Å². The van der Waals surface area contributed by atoms with Gasteiger partial charge in [-0.2, -0.15) is 0 Å². The SMILES string of the molecule is CC(C)CN(c1cc(F)c(Br)cc1[N+](=O)[O-])C1CCCCC1.COC(=O)c1ccc(F)cc1-c1cc(N)c(N(CC(C)C)C2CCCCC2)cc1F.COC(=O)c1ccc(F)cc1B1OC(C)(C)C(C)(C)O1. The van der Waals surface area contributed by atoms with Crippen LogP contribution in [0.3, 0.4) is 0 Å². The number of nitrogen functional groups attached to an aromatic ring is 1. The van der Waals surface area contributed by atoms with Crippen molar-refractivity contribution in [3.63, 3.8) is 0 Å². The van der Waals surface area contributed by atoms with Crippen molar-refractivity contribution in [1.82, 2.24) is 0 Å². The van der Waals surface area contributed by atoms with Crippen LogP contribution in [0.5, 0.6) is 0 Å². The van der Waals surface area contributed by atoms with Gasteiger partial charge in [-0.05, 0) is 135 Å². The van der Waals surface area contributed by atoms with Crippen molar-refractivity contribution in [2.24, 2.45) is 11.8 Å². The first-order valence-corrected chi connectivity index (χ1v) is 25.6. The Morgan fingerprint density at radius 1 is 0.708 bits per heavy atom. The molecule has 12 nitrogen and oxygen atoms in total. The number of rotatable bonds is 13. The number of nitro groups is 1. The van der Waals surface area contributed by atoms with Crippen molar-refractivity contribution in [3.8, 4) is 11.1 Å². The van der Waals surface area contributed by atoms with Crippen LogP contribution in [-0.2, 0) is 18.8 Å². The molecule has 1 heterocycles. The lowest BCUT2D eigenvalue weighted by atomic mass is 9.76. The summed E-state index contributed by atoms with van der Waals surface area (Å²) in [7, 11) is 1.71. The molecular formula is C54H70BBrF4N4O8. The summed E-state index contributed by atoms with van der Waals surface area (Å²) in [5.41, 5.74) is 7.63. The molecule has 0 spiro atoms. The van der Waals surface area contributed by atoms with Gasteiger partial charge in [0.25, 0.3) is 5.69 Å². The Hall–Kier alpha value is -5.20. The molecule has 0 amide bonds. The number of methoxy groups -OCH3 is 2. The fourth-order valence-electron chi connectivity index (χ4n) is 9.42. The van der Waals surface area contributed by atoms with Gasteiger partial charge in [-0.3, -0.25) is 10.1 Å². The van der Waals surface area contributed by atoms with E-state index in [-0.39, 0.29) is 38.5 Å². The molecule has 2 N–H and O–H groups in total. The number of hydrogen-bond donors (Lipinski definition) is 1. The standard InChI is InChI=1S/C24H30F2N2O2.C16H22BrFN2O2.C14H18BFO4/c1-15(2)14-28(17-7-5-4-6-8-17)23-13-21(26)20(12-22(23)27)19-11-16(25)9-10-18(19)24(29)30-3;1-11(2)10-19(12-6-4-3-5-7-12)15-9-14(18)13(17)8-16(15)20(21)22;1-13(2)14(3,4)20-15(19-13)11-8-9(16)6-7-10(11)12(17)18-5/h9-13,15,17H,4-8,14,27H2,1-3H3;8-9,11-12H,3-7,10H2,1-2H3;6-8H,1-5H3. The highest BCUT2D eigenvalue weighted by molar-refractivity contribution is 9.10. The number of nitro benzene ring substituents is 1. The molecule has 3 fully saturated rings. The Labute approximate surface area is 430 Å². The molecule has 392 valence electrons. The van der Waals surface area contributed by atoms with Crippen molar-refractivity contribution >= 4 is 63.2 Å². The minimum atomic E-state index is -0.801. The van der Waals surface area contributed by atoms with E-state index in [1.165, 1.54) is 75.6 Å². The number of ether oxygens (including phenoxy) is 2. The molecule has 0 radical (unpaired) electrons. The summed E-state index contributed by atoms with van der Waals surface area (Å²) in [4.78, 5) is 39.1. The third kappa shape index (κ3) is 14.3. The summed E-state index contributed by atoms with van der Waals surface area (Å²) in [6, 6.07) is 13.5. The van der Waals surface area contributed by atoms with E-state index in [1.807, 2.05) is 27.7 Å². The normalized spacial score (nSPS) is 16.6. The number of carbonyl (C=O) groups excluding carboxylic acids is 2. The maximum atomic E-state index is 15.3. The number of benzene rings is 4. The molecule has 18 heteroatoms. The van der Waals surface area contributed by atoms with Crippen molar-refractivity contribution in [3.05, 3.63) is 110 Å². The van der Waals surface area contributed by atoms with Gasteiger partial charge in [0.2, 0.25) is 0 Å². The van der Waals surface area contributed by atoms with Crippen LogP contribution >= 0.6 is 15.9 Å². The van der Waals surface area contributed by atoms with Crippen LogP contribution in [0, 0.1) is 45.2 Å². The van der Waals surface area contributed by atoms with Crippen LogP contribution in [0.4, 0.5) is 40.3 Å². The smallest absolute Gasteiger partial charge is 0.465 e. The second kappa shape index (κ2) is 25.2. The maximum absolute atomic E-state index is 15.3. The van der Waals surface area contributed by atoms with E-state index in [2.05, 4.69) is 53.4 Å². The van der Waals surface area contributed by atoms with Gasteiger partial charge in [-0.25, -0.2) is 27.2 Å². The summed E-state index contributed by atoms with van der Waals surface area (Å²) in [6.07, 6.45) is 11.2. The minimum absolute atomic E-state index is 0.0282. The molecule has 0 bridgehead atoms. The van der Waals surface area contributed by atoms with Crippen LogP contribution in [0.15, 0.2) is 65.1 Å². The third-order valence-electron chi connectivity index (χ3n) is 13.7. The van der Waals surface area contributed by atoms with Crippen molar-refractivity contribution in [2.75, 3.05) is 42.8 Å². The fraction of sp³-hybridized carbons (Fsp3) is 0.519. The van der Waals surface area contributed by atoms with Gasteiger partial charge in [0, 0.05) is 48.4 Å². The highest BCUT2D eigenvalue weighted by Gasteiger charge is 2.52. The number of nitrogens with zero attached hydrogens (tertiary/aromatic N) is 3. The highest BCUT2D eigenvalue weighted by Crippen LogP contribution is 2.40. The zero-order chi connectivity index (χ0) is 53.2. The minimum Gasteiger partial charge on any atom is -0.465 e. The van der Waals surface area contributed by atoms with E-state index >= 15 is 4.39 Å². The van der Waals surface area contributed by atoms with Crippen LogP contribution < -0.4 is 21.0 Å². The summed E-state index contributed by atoms with van der Waals surface area (Å²) in [5, 5.41) is 11.4. The molecule has 0 aromatic heterocycles. The number of esters is 2. The molecule has 1 saturated heterocycles. The zero-order valence-corrected chi connectivity index (χ0v) is 44.8. The highest BCUT2D eigenvalue weighted by atomic mass is 79.9. The first kappa shape index (κ1) is 57.7. The fourth-order valence-corrected chi connectivity index (χ4v) is 9.75. The Kier molecular flexibility index (Phi) is 20.2. The molecule has 2 aliphatic carbocycles. The van der Waals surface area contributed by atoms with Crippen LogP contribution in [0.2, 0.25) is 0 Å². The van der Waals surface area contributed by atoms with E-state index in [0.717, 1.165) is 70.0 Å². The van der Waals surface area contributed by atoms with Gasteiger partial charge in [-0.1, -0.05) is 66.2 Å².